The molecule has 7 nitrogen and oxygen atoms in total. The Labute approximate surface area is 192 Å². The van der Waals surface area contributed by atoms with E-state index in [1.165, 1.54) is 11.8 Å². The Morgan fingerprint density at radius 1 is 1.03 bits per heavy atom. The first kappa shape index (κ1) is 25.4. The van der Waals surface area contributed by atoms with Crippen LogP contribution in [0.1, 0.15) is 24.5 Å². The minimum atomic E-state index is -1.27. The monoisotopic (exact) mass is 461 g/mol. The molecular formula is C24H28ClNO6. The predicted molar refractivity (Wildman–Crippen MR) is 121 cm³/mol. The summed E-state index contributed by atoms with van der Waals surface area (Å²) in [5, 5.41) is 9.90. The molecule has 0 spiro atoms. The number of ether oxygens (including phenoxy) is 2. The Kier molecular flexibility index (Phi) is 10.2. The van der Waals surface area contributed by atoms with Crippen LogP contribution in [0.15, 0.2) is 54.6 Å². The number of carboxylic acid groups (broad SMARTS) is 1. The van der Waals surface area contributed by atoms with Gasteiger partial charge in [0.15, 0.2) is 6.04 Å². The lowest BCUT2D eigenvalue weighted by Gasteiger charge is -2.31. The molecule has 8 heteroatoms. The maximum Gasteiger partial charge on any atom is 0.328 e. The summed E-state index contributed by atoms with van der Waals surface area (Å²) in [6.07, 6.45) is 0.131. The summed E-state index contributed by atoms with van der Waals surface area (Å²) in [5.74, 6) is -2.42. The van der Waals surface area contributed by atoms with E-state index in [1.54, 1.807) is 31.4 Å². The van der Waals surface area contributed by atoms with Gasteiger partial charge in [-0.1, -0.05) is 42.5 Å². The Morgan fingerprint density at radius 3 is 2.22 bits per heavy atom. The van der Waals surface area contributed by atoms with Gasteiger partial charge in [0.2, 0.25) is 5.91 Å². The van der Waals surface area contributed by atoms with Crippen molar-refractivity contribution in [3.8, 4) is 5.75 Å². The molecule has 0 aromatic heterocycles. The van der Waals surface area contributed by atoms with E-state index in [1.807, 2.05) is 30.3 Å². The Hall–Kier alpha value is -2.90. The van der Waals surface area contributed by atoms with Crippen molar-refractivity contribution in [3.05, 3.63) is 65.7 Å². The second-order valence-corrected chi connectivity index (χ2v) is 7.69. The Morgan fingerprint density at radius 2 is 1.69 bits per heavy atom. The van der Waals surface area contributed by atoms with Crippen LogP contribution in [0.2, 0.25) is 0 Å². The van der Waals surface area contributed by atoms with Crippen LogP contribution in [0, 0.1) is 5.92 Å². The van der Waals surface area contributed by atoms with Crippen molar-refractivity contribution >= 4 is 29.3 Å². The van der Waals surface area contributed by atoms with E-state index in [0.29, 0.717) is 11.3 Å². The number of carboxylic acids is 1. The number of aliphatic carboxylic acids is 1. The van der Waals surface area contributed by atoms with Crippen LogP contribution in [0.4, 0.5) is 0 Å². The summed E-state index contributed by atoms with van der Waals surface area (Å²) in [6.45, 7) is 1.29. The molecule has 0 aliphatic heterocycles. The molecule has 172 valence electrons. The standard InChI is InChI=1S/C24H28ClNO6/c1-17(27)21(12-13-25)23(28)26(14-18-8-10-20(31-2)11-9-18)22(24(29)30)16-32-15-19-6-4-3-5-7-19/h3-11,21-22H,12-16H2,1-2H3,(H,29,30)/t21?,22-/m0/s1. The van der Waals surface area contributed by atoms with Gasteiger partial charge in [-0.15, -0.1) is 11.6 Å². The van der Waals surface area contributed by atoms with Gasteiger partial charge < -0.3 is 19.5 Å². The number of hydrogen-bond acceptors (Lipinski definition) is 5. The molecule has 2 atom stereocenters. The summed E-state index contributed by atoms with van der Waals surface area (Å²) >= 11 is 5.80. The molecule has 0 aliphatic carbocycles. The Balaban J connectivity index is 2.27. The molecule has 0 radical (unpaired) electrons. The minimum absolute atomic E-state index is 0.000553. The summed E-state index contributed by atoms with van der Waals surface area (Å²) in [7, 11) is 1.54. The quantitative estimate of drug-likeness (QED) is 0.362. The molecule has 2 rings (SSSR count). The van der Waals surface area contributed by atoms with Crippen LogP contribution in [0.5, 0.6) is 5.75 Å². The van der Waals surface area contributed by atoms with Crippen LogP contribution in [-0.4, -0.2) is 53.3 Å². The number of carbonyl (C=O) groups is 3. The van der Waals surface area contributed by atoms with E-state index in [4.69, 9.17) is 21.1 Å². The highest BCUT2D eigenvalue weighted by Crippen LogP contribution is 2.20. The molecule has 0 aliphatic rings. The van der Waals surface area contributed by atoms with E-state index in [0.717, 1.165) is 5.56 Å². The average Bonchev–Trinajstić information content (AvgIpc) is 2.79. The molecule has 0 saturated heterocycles. The van der Waals surface area contributed by atoms with Crippen molar-refractivity contribution in [1.82, 2.24) is 4.90 Å². The number of halogens is 1. The van der Waals surface area contributed by atoms with E-state index in [2.05, 4.69) is 0 Å². The topological polar surface area (TPSA) is 93.1 Å². The van der Waals surface area contributed by atoms with Crippen molar-refractivity contribution in [2.24, 2.45) is 5.92 Å². The van der Waals surface area contributed by atoms with Crippen LogP contribution < -0.4 is 4.74 Å². The van der Waals surface area contributed by atoms with E-state index in [-0.39, 0.29) is 37.8 Å². The number of ketones is 1. The third-order valence-corrected chi connectivity index (χ3v) is 5.25. The first-order valence-electron chi connectivity index (χ1n) is 10.2. The zero-order chi connectivity index (χ0) is 23.5. The lowest BCUT2D eigenvalue weighted by atomic mass is 9.98. The molecule has 1 unspecified atom stereocenters. The summed E-state index contributed by atoms with van der Waals surface area (Å²) in [5.41, 5.74) is 1.58. The number of amides is 1. The third-order valence-electron chi connectivity index (χ3n) is 5.03. The number of nitrogens with zero attached hydrogens (tertiary/aromatic N) is 1. The highest BCUT2D eigenvalue weighted by Gasteiger charge is 2.35. The number of carbonyl (C=O) groups excluding carboxylic acids is 2. The zero-order valence-electron chi connectivity index (χ0n) is 18.2. The molecule has 0 heterocycles. The fraction of sp³-hybridized carbons (Fsp3) is 0.375. The second kappa shape index (κ2) is 12.8. The number of alkyl halides is 1. The highest BCUT2D eigenvalue weighted by molar-refractivity contribution is 6.18. The van der Waals surface area contributed by atoms with Crippen molar-refractivity contribution in [2.75, 3.05) is 19.6 Å². The molecule has 2 aromatic rings. The van der Waals surface area contributed by atoms with E-state index < -0.39 is 23.8 Å². The van der Waals surface area contributed by atoms with Gasteiger partial charge in [0.05, 0.1) is 26.2 Å². The molecule has 0 saturated carbocycles. The largest absolute Gasteiger partial charge is 0.497 e. The Bertz CT molecular complexity index is 887. The molecule has 0 bridgehead atoms. The maximum atomic E-state index is 13.3. The average molecular weight is 462 g/mol. The van der Waals surface area contributed by atoms with Gasteiger partial charge >= 0.3 is 5.97 Å². The molecule has 32 heavy (non-hydrogen) atoms. The predicted octanol–water partition coefficient (Wildman–Crippen LogP) is 3.53. The fourth-order valence-electron chi connectivity index (χ4n) is 3.24. The van der Waals surface area contributed by atoms with Crippen LogP contribution in [0.25, 0.3) is 0 Å². The van der Waals surface area contributed by atoms with Gasteiger partial charge in [0, 0.05) is 12.4 Å². The minimum Gasteiger partial charge on any atom is -0.497 e. The van der Waals surface area contributed by atoms with Gasteiger partial charge in [-0.05, 0) is 36.6 Å². The van der Waals surface area contributed by atoms with Crippen molar-refractivity contribution in [1.29, 1.82) is 0 Å². The van der Waals surface area contributed by atoms with Gasteiger partial charge in [0.1, 0.15) is 11.5 Å². The molecule has 0 fully saturated rings. The summed E-state index contributed by atoms with van der Waals surface area (Å²) in [6, 6.07) is 15.0. The van der Waals surface area contributed by atoms with Gasteiger partial charge in [-0.3, -0.25) is 9.59 Å². The first-order valence-corrected chi connectivity index (χ1v) is 10.7. The lowest BCUT2D eigenvalue weighted by molar-refractivity contribution is -0.157. The van der Waals surface area contributed by atoms with Crippen molar-refractivity contribution in [3.63, 3.8) is 0 Å². The lowest BCUT2D eigenvalue weighted by Crippen LogP contribution is -2.50. The van der Waals surface area contributed by atoms with Crippen molar-refractivity contribution < 1.29 is 29.0 Å². The number of rotatable bonds is 13. The second-order valence-electron chi connectivity index (χ2n) is 7.31. The molecular weight excluding hydrogens is 434 g/mol. The molecule has 1 N–H and O–H groups in total. The fourth-order valence-corrected chi connectivity index (χ4v) is 3.45. The zero-order valence-corrected chi connectivity index (χ0v) is 19.0. The van der Waals surface area contributed by atoms with E-state index >= 15 is 0 Å². The van der Waals surface area contributed by atoms with Gasteiger partial charge in [-0.25, -0.2) is 4.79 Å². The first-order chi connectivity index (χ1) is 15.4. The third kappa shape index (κ3) is 7.35. The summed E-state index contributed by atoms with van der Waals surface area (Å²) in [4.78, 5) is 38.7. The smallest absolute Gasteiger partial charge is 0.328 e. The van der Waals surface area contributed by atoms with Crippen LogP contribution >= 0.6 is 11.6 Å². The highest BCUT2D eigenvalue weighted by atomic mass is 35.5. The maximum absolute atomic E-state index is 13.3. The SMILES string of the molecule is COc1ccc(CN(C(=O)C(CCCl)C(C)=O)[C@@H](COCc2ccccc2)C(=O)O)cc1. The molecule has 1 amide bonds. The number of Topliss-reactive ketones (excluding diaryl/α,β-unsaturated/α-hetero) is 1. The van der Waals surface area contributed by atoms with Crippen molar-refractivity contribution in [2.45, 2.75) is 32.5 Å². The van der Waals surface area contributed by atoms with Crippen LogP contribution in [0.3, 0.4) is 0 Å². The molecule has 2 aromatic carbocycles. The van der Waals surface area contributed by atoms with E-state index in [9.17, 15) is 19.5 Å². The number of hydrogen-bond donors (Lipinski definition) is 1. The van der Waals surface area contributed by atoms with Gasteiger partial charge in [0.25, 0.3) is 0 Å². The number of methoxy groups -OCH3 is 1. The number of benzene rings is 2. The summed E-state index contributed by atoms with van der Waals surface area (Å²) < 4.78 is 10.8. The van der Waals surface area contributed by atoms with Gasteiger partial charge in [-0.2, -0.15) is 0 Å². The normalized spacial score (nSPS) is 12.6. The van der Waals surface area contributed by atoms with Crippen LogP contribution in [-0.2, 0) is 32.3 Å².